The average molecular weight is 383 g/mol. The van der Waals surface area contributed by atoms with Gasteiger partial charge in [0, 0.05) is 18.7 Å². The Labute approximate surface area is 165 Å². The molecule has 0 radical (unpaired) electrons. The van der Waals surface area contributed by atoms with Crippen molar-refractivity contribution in [2.24, 2.45) is 0 Å². The highest BCUT2D eigenvalue weighted by Gasteiger charge is 2.05. The lowest BCUT2D eigenvalue weighted by molar-refractivity contribution is -0.116. The molecule has 0 aromatic heterocycles. The third-order valence-corrected chi connectivity index (χ3v) is 3.85. The van der Waals surface area contributed by atoms with E-state index in [0.717, 1.165) is 11.1 Å². The van der Waals surface area contributed by atoms with Crippen molar-refractivity contribution in [1.82, 2.24) is 5.32 Å². The summed E-state index contributed by atoms with van der Waals surface area (Å²) in [5, 5.41) is 2.84. The van der Waals surface area contributed by atoms with Crippen LogP contribution in [0.3, 0.4) is 0 Å². The van der Waals surface area contributed by atoms with Gasteiger partial charge in [0.15, 0.2) is 11.5 Å². The van der Waals surface area contributed by atoms with E-state index < -0.39 is 0 Å². The number of rotatable bonds is 10. The number of amides is 1. The average Bonchev–Trinajstić information content (AvgIpc) is 2.74. The van der Waals surface area contributed by atoms with Crippen molar-refractivity contribution in [3.63, 3.8) is 0 Å². The maximum absolute atomic E-state index is 12.1. The number of carbonyl (C=O) groups is 1. The molecule has 0 saturated carbocycles. The minimum Gasteiger partial charge on any atom is -0.497 e. The van der Waals surface area contributed by atoms with Gasteiger partial charge in [-0.25, -0.2) is 0 Å². The van der Waals surface area contributed by atoms with E-state index in [4.69, 9.17) is 18.9 Å². The van der Waals surface area contributed by atoms with E-state index in [2.05, 4.69) is 11.9 Å². The van der Waals surface area contributed by atoms with Crippen LogP contribution >= 0.6 is 0 Å². The summed E-state index contributed by atoms with van der Waals surface area (Å²) in [5.74, 6) is 2.34. The van der Waals surface area contributed by atoms with Gasteiger partial charge in [0.25, 0.3) is 0 Å². The number of hydrogen-bond donors (Lipinski definition) is 1. The summed E-state index contributed by atoms with van der Waals surface area (Å²) < 4.78 is 21.3. The molecule has 0 aliphatic carbocycles. The van der Waals surface area contributed by atoms with Crippen LogP contribution in [0.1, 0.15) is 11.1 Å². The largest absolute Gasteiger partial charge is 0.497 e. The minimum atomic E-state index is -0.215. The molecule has 0 saturated heterocycles. The molecule has 28 heavy (non-hydrogen) atoms. The molecular formula is C22H25NO5. The SMILES string of the molecule is C=CCOc1ccc(/C=C/C(=O)NCc2cc(OC)cc(OC)c2)cc1OC. The molecule has 2 rings (SSSR count). The number of nitrogens with one attached hydrogen (secondary N) is 1. The minimum absolute atomic E-state index is 0.215. The topological polar surface area (TPSA) is 66.0 Å². The van der Waals surface area contributed by atoms with Crippen LogP contribution in [-0.2, 0) is 11.3 Å². The lowest BCUT2D eigenvalue weighted by atomic mass is 10.1. The van der Waals surface area contributed by atoms with E-state index >= 15 is 0 Å². The molecule has 6 nitrogen and oxygen atoms in total. The molecule has 148 valence electrons. The number of ether oxygens (including phenoxy) is 4. The van der Waals surface area contributed by atoms with Crippen LogP contribution in [0.5, 0.6) is 23.0 Å². The summed E-state index contributed by atoms with van der Waals surface area (Å²) in [6.07, 6.45) is 4.84. The van der Waals surface area contributed by atoms with Gasteiger partial charge in [-0.3, -0.25) is 4.79 Å². The van der Waals surface area contributed by atoms with Crippen molar-refractivity contribution in [2.75, 3.05) is 27.9 Å². The lowest BCUT2D eigenvalue weighted by Crippen LogP contribution is -2.20. The molecule has 2 aromatic rings. The zero-order valence-corrected chi connectivity index (χ0v) is 16.4. The molecule has 0 spiro atoms. The monoisotopic (exact) mass is 383 g/mol. The molecule has 0 heterocycles. The van der Waals surface area contributed by atoms with Gasteiger partial charge in [0.05, 0.1) is 21.3 Å². The molecule has 6 heteroatoms. The molecule has 1 amide bonds. The normalized spacial score (nSPS) is 10.4. The fourth-order valence-electron chi connectivity index (χ4n) is 2.44. The van der Waals surface area contributed by atoms with Crippen LogP contribution in [-0.4, -0.2) is 33.8 Å². The maximum atomic E-state index is 12.1. The van der Waals surface area contributed by atoms with E-state index in [0.29, 0.717) is 36.1 Å². The van der Waals surface area contributed by atoms with Crippen LogP contribution in [0.25, 0.3) is 6.08 Å². The molecular weight excluding hydrogens is 358 g/mol. The highest BCUT2D eigenvalue weighted by Crippen LogP contribution is 2.28. The van der Waals surface area contributed by atoms with Gasteiger partial charge in [-0.15, -0.1) is 0 Å². The molecule has 1 N–H and O–H groups in total. The number of benzene rings is 2. The predicted octanol–water partition coefficient (Wildman–Crippen LogP) is 3.61. The van der Waals surface area contributed by atoms with Crippen molar-refractivity contribution < 1.29 is 23.7 Å². The van der Waals surface area contributed by atoms with Crippen LogP contribution in [0.15, 0.2) is 55.1 Å². The summed E-state index contributed by atoms with van der Waals surface area (Å²) in [6, 6.07) is 10.9. The van der Waals surface area contributed by atoms with Crippen molar-refractivity contribution in [3.8, 4) is 23.0 Å². The van der Waals surface area contributed by atoms with Crippen molar-refractivity contribution in [2.45, 2.75) is 6.54 Å². The second-order valence-corrected chi connectivity index (χ2v) is 5.78. The first-order valence-corrected chi connectivity index (χ1v) is 8.69. The summed E-state index contributed by atoms with van der Waals surface area (Å²) in [4.78, 5) is 12.1. The quantitative estimate of drug-likeness (QED) is 0.502. The van der Waals surface area contributed by atoms with E-state index in [-0.39, 0.29) is 5.91 Å². The maximum Gasteiger partial charge on any atom is 0.244 e. The lowest BCUT2D eigenvalue weighted by Gasteiger charge is -2.10. The van der Waals surface area contributed by atoms with Crippen LogP contribution in [0.4, 0.5) is 0 Å². The van der Waals surface area contributed by atoms with Gasteiger partial charge in [-0.1, -0.05) is 18.7 Å². The van der Waals surface area contributed by atoms with Crippen LogP contribution in [0.2, 0.25) is 0 Å². The Kier molecular flexibility index (Phi) is 7.96. The van der Waals surface area contributed by atoms with E-state index in [9.17, 15) is 4.79 Å². The van der Waals surface area contributed by atoms with Gasteiger partial charge >= 0.3 is 0 Å². The first-order chi connectivity index (χ1) is 13.6. The first kappa shape index (κ1) is 20.9. The molecule has 0 unspecified atom stereocenters. The zero-order chi connectivity index (χ0) is 20.4. The standard InChI is InChI=1S/C22H25NO5/c1-5-10-28-20-8-6-16(13-21(20)27-4)7-9-22(24)23-15-17-11-18(25-2)14-19(12-17)26-3/h5-9,11-14H,1,10,15H2,2-4H3,(H,23,24)/b9-7+. The van der Waals surface area contributed by atoms with Crippen LogP contribution in [0, 0.1) is 0 Å². The number of methoxy groups -OCH3 is 3. The molecule has 0 fully saturated rings. The van der Waals surface area contributed by atoms with Crippen molar-refractivity contribution in [3.05, 3.63) is 66.3 Å². The Morgan fingerprint density at radius 3 is 2.32 bits per heavy atom. The highest BCUT2D eigenvalue weighted by molar-refractivity contribution is 5.91. The van der Waals surface area contributed by atoms with Gasteiger partial charge in [0.1, 0.15) is 18.1 Å². The second-order valence-electron chi connectivity index (χ2n) is 5.78. The van der Waals surface area contributed by atoms with E-state index in [1.54, 1.807) is 51.7 Å². The molecule has 0 aliphatic rings. The fraction of sp³-hybridized carbons (Fsp3) is 0.227. The highest BCUT2D eigenvalue weighted by atomic mass is 16.5. The van der Waals surface area contributed by atoms with Gasteiger partial charge < -0.3 is 24.3 Å². The molecule has 2 aromatic carbocycles. The zero-order valence-electron chi connectivity index (χ0n) is 16.4. The molecule has 0 bridgehead atoms. The Balaban J connectivity index is 1.99. The molecule has 0 aliphatic heterocycles. The van der Waals surface area contributed by atoms with Crippen molar-refractivity contribution >= 4 is 12.0 Å². The predicted molar refractivity (Wildman–Crippen MR) is 109 cm³/mol. The smallest absolute Gasteiger partial charge is 0.244 e. The number of hydrogen-bond acceptors (Lipinski definition) is 5. The first-order valence-electron chi connectivity index (χ1n) is 8.69. The van der Waals surface area contributed by atoms with Gasteiger partial charge in [0.2, 0.25) is 5.91 Å². The van der Waals surface area contributed by atoms with E-state index in [1.165, 1.54) is 6.08 Å². The van der Waals surface area contributed by atoms with Crippen LogP contribution < -0.4 is 24.3 Å². The second kappa shape index (κ2) is 10.7. The molecule has 0 atom stereocenters. The summed E-state index contributed by atoms with van der Waals surface area (Å²) in [7, 11) is 4.74. The van der Waals surface area contributed by atoms with Gasteiger partial charge in [-0.05, 0) is 41.5 Å². The Hall–Kier alpha value is -3.41. The summed E-state index contributed by atoms with van der Waals surface area (Å²) in [6.45, 7) is 4.37. The number of carbonyl (C=O) groups excluding carboxylic acids is 1. The summed E-state index contributed by atoms with van der Waals surface area (Å²) in [5.41, 5.74) is 1.70. The van der Waals surface area contributed by atoms with Gasteiger partial charge in [-0.2, -0.15) is 0 Å². The van der Waals surface area contributed by atoms with E-state index in [1.807, 2.05) is 18.2 Å². The Morgan fingerprint density at radius 1 is 1.00 bits per heavy atom. The summed E-state index contributed by atoms with van der Waals surface area (Å²) >= 11 is 0. The third kappa shape index (κ3) is 6.09. The third-order valence-electron chi connectivity index (χ3n) is 3.85. The van der Waals surface area contributed by atoms with Crippen molar-refractivity contribution in [1.29, 1.82) is 0 Å². The Bertz CT molecular complexity index is 823. The fourth-order valence-corrected chi connectivity index (χ4v) is 2.44. The Morgan fingerprint density at radius 2 is 1.71 bits per heavy atom.